The van der Waals surface area contributed by atoms with Crippen LogP contribution in [0.15, 0.2) is 22.8 Å². The van der Waals surface area contributed by atoms with Gasteiger partial charge in [-0.15, -0.1) is 0 Å². The van der Waals surface area contributed by atoms with Gasteiger partial charge in [0.05, 0.1) is 23.0 Å². The Morgan fingerprint density at radius 2 is 1.50 bits per heavy atom. The number of carbonyl (C=O) groups excluding carboxylic acids is 2. The van der Waals surface area contributed by atoms with Gasteiger partial charge in [-0.05, 0) is 76.7 Å². The van der Waals surface area contributed by atoms with E-state index in [1.807, 2.05) is 27.7 Å². The highest BCUT2D eigenvalue weighted by atomic mass is 16.6. The number of hydrogen-bond acceptors (Lipinski definition) is 6. The topological polar surface area (TPSA) is 93.1 Å². The highest BCUT2D eigenvalue weighted by Gasteiger charge is 2.78. The summed E-state index contributed by atoms with van der Waals surface area (Å²) in [5, 5.41) is 24.1. The molecule has 0 spiro atoms. The fraction of sp³-hybridized carbons (Fsp3) is 0.800. The van der Waals surface area contributed by atoms with Crippen molar-refractivity contribution in [1.82, 2.24) is 0 Å². The van der Waals surface area contributed by atoms with Gasteiger partial charge in [0.25, 0.3) is 0 Å². The van der Waals surface area contributed by atoms with Gasteiger partial charge in [-0.25, -0.2) is 0 Å². The van der Waals surface area contributed by atoms with Gasteiger partial charge in [0.15, 0.2) is 0 Å². The summed E-state index contributed by atoms with van der Waals surface area (Å²) in [6, 6.07) is 0. The van der Waals surface area contributed by atoms with E-state index in [2.05, 4.69) is 19.9 Å². The number of aliphatic hydroxyl groups is 2. The monoisotopic (exact) mass is 496 g/mol. The maximum atomic E-state index is 13.0. The molecule has 2 saturated heterocycles. The number of esters is 2. The third kappa shape index (κ3) is 2.43. The standard InChI is InChI=1S/C30H40O6/c1-12-11-18-20-21(30(12)24(18)29(6,34)10-8-17-14(3)27(32)36-25(17)30)15(4)19-22(20)28(5,33)9-7-16-13(2)26(31)35-23(16)19/h11,13-14,16-18,20-25,33-34H,7-10H2,1-6H3/t13-,14-,16-,17-,18?,20?,21?,22?,23-,24?,25-,28-,29-,30?/m0/s1. The maximum absolute atomic E-state index is 13.0. The number of hydrogen-bond donors (Lipinski definition) is 2. The largest absolute Gasteiger partial charge is 0.461 e. The van der Waals surface area contributed by atoms with Crippen molar-refractivity contribution < 1.29 is 29.3 Å². The van der Waals surface area contributed by atoms with Gasteiger partial charge >= 0.3 is 11.9 Å². The van der Waals surface area contributed by atoms with Crippen LogP contribution in [0.3, 0.4) is 0 Å². The summed E-state index contributed by atoms with van der Waals surface area (Å²) in [4.78, 5) is 25.7. The third-order valence-corrected chi connectivity index (χ3v) is 12.4. The van der Waals surface area contributed by atoms with Crippen LogP contribution in [0.25, 0.3) is 0 Å². The molecule has 2 bridgehead atoms. The van der Waals surface area contributed by atoms with Crippen LogP contribution in [0.5, 0.6) is 0 Å². The Morgan fingerprint density at radius 1 is 0.889 bits per heavy atom. The Bertz CT molecular complexity index is 1130. The quantitative estimate of drug-likeness (QED) is 0.391. The number of fused-ring (bicyclic) bond motifs is 7. The Balaban J connectivity index is 1.47. The summed E-state index contributed by atoms with van der Waals surface area (Å²) in [5.74, 6) is -0.460. The van der Waals surface area contributed by atoms with Crippen molar-refractivity contribution in [2.45, 2.75) is 90.6 Å². The lowest BCUT2D eigenvalue weighted by atomic mass is 9.58. The molecule has 0 aromatic heterocycles. The minimum absolute atomic E-state index is 0.0486. The van der Waals surface area contributed by atoms with Crippen molar-refractivity contribution >= 4 is 11.9 Å². The van der Waals surface area contributed by atoms with Gasteiger partial charge in [0.2, 0.25) is 0 Å². The van der Waals surface area contributed by atoms with Gasteiger partial charge in [0, 0.05) is 29.1 Å². The van der Waals surface area contributed by atoms with Gasteiger partial charge in [-0.1, -0.05) is 31.1 Å². The lowest BCUT2D eigenvalue weighted by Gasteiger charge is -2.47. The molecule has 6 unspecified atom stereocenters. The smallest absolute Gasteiger partial charge is 0.309 e. The zero-order valence-corrected chi connectivity index (χ0v) is 22.3. The van der Waals surface area contributed by atoms with Gasteiger partial charge in [-0.3, -0.25) is 9.59 Å². The zero-order valence-electron chi connectivity index (χ0n) is 22.3. The first-order valence-electron chi connectivity index (χ1n) is 14.1. The van der Waals surface area contributed by atoms with Crippen LogP contribution in [0.2, 0.25) is 0 Å². The molecule has 196 valence electrons. The molecule has 6 nitrogen and oxygen atoms in total. The van der Waals surface area contributed by atoms with E-state index in [-0.39, 0.29) is 77.4 Å². The highest BCUT2D eigenvalue weighted by Crippen LogP contribution is 2.78. The Kier molecular flexibility index (Phi) is 4.46. The first-order valence-corrected chi connectivity index (χ1v) is 14.1. The molecule has 0 aromatic rings. The molecule has 0 aromatic carbocycles. The molecule has 0 radical (unpaired) electrons. The molecule has 0 amide bonds. The average Bonchev–Trinajstić information content (AvgIpc) is 3.49. The molecule has 14 atom stereocenters. The Hall–Kier alpha value is -1.66. The molecular formula is C30H40O6. The van der Waals surface area contributed by atoms with E-state index in [4.69, 9.17) is 9.47 Å². The molecule has 2 aliphatic heterocycles. The first kappa shape index (κ1) is 23.5. The van der Waals surface area contributed by atoms with Crippen LogP contribution in [0.1, 0.15) is 67.2 Å². The van der Waals surface area contributed by atoms with Crippen molar-refractivity contribution in [3.63, 3.8) is 0 Å². The molecule has 2 N–H and O–H groups in total. The molecule has 5 fully saturated rings. The van der Waals surface area contributed by atoms with Gasteiger partial charge in [-0.2, -0.15) is 0 Å². The van der Waals surface area contributed by atoms with Crippen LogP contribution in [-0.2, 0) is 19.1 Å². The minimum atomic E-state index is -0.931. The molecule has 2 heterocycles. The summed E-state index contributed by atoms with van der Waals surface area (Å²) in [6.07, 6.45) is 4.59. The fourth-order valence-electron chi connectivity index (χ4n) is 11.0. The van der Waals surface area contributed by atoms with Crippen molar-refractivity contribution in [1.29, 1.82) is 0 Å². The summed E-state index contributed by atoms with van der Waals surface area (Å²) < 4.78 is 12.4. The van der Waals surface area contributed by atoms with Crippen LogP contribution in [0, 0.1) is 58.7 Å². The predicted octanol–water partition coefficient (Wildman–Crippen LogP) is 3.80. The second-order valence-electron chi connectivity index (χ2n) is 13.9. The number of rotatable bonds is 0. The maximum Gasteiger partial charge on any atom is 0.309 e. The van der Waals surface area contributed by atoms with E-state index in [1.165, 1.54) is 11.1 Å². The second-order valence-corrected chi connectivity index (χ2v) is 13.9. The van der Waals surface area contributed by atoms with E-state index in [1.54, 1.807) is 0 Å². The van der Waals surface area contributed by atoms with Gasteiger partial charge < -0.3 is 19.7 Å². The van der Waals surface area contributed by atoms with Crippen molar-refractivity contribution in [3.8, 4) is 0 Å². The second kappa shape index (κ2) is 6.85. The molecule has 5 aliphatic carbocycles. The highest BCUT2D eigenvalue weighted by molar-refractivity contribution is 5.76. The van der Waals surface area contributed by atoms with Crippen LogP contribution >= 0.6 is 0 Å². The molecule has 36 heavy (non-hydrogen) atoms. The summed E-state index contributed by atoms with van der Waals surface area (Å²) in [7, 11) is 0. The van der Waals surface area contributed by atoms with Crippen molar-refractivity contribution in [2.24, 2.45) is 58.7 Å². The summed E-state index contributed by atoms with van der Waals surface area (Å²) in [5.41, 5.74) is 1.23. The van der Waals surface area contributed by atoms with E-state index in [0.29, 0.717) is 12.8 Å². The van der Waals surface area contributed by atoms with Crippen LogP contribution < -0.4 is 0 Å². The van der Waals surface area contributed by atoms with Crippen molar-refractivity contribution in [2.75, 3.05) is 0 Å². The number of carbonyl (C=O) groups is 2. The SMILES string of the molecule is CC1=CC2C3C(C(C)=C4C3[C@@](C)(O)CC[C@H]3[C@H](C)C(=O)O[C@H]43)C13C2[C@@](C)(O)CC[C@H]1[C@H](C)C(=O)O[C@@H]13. The van der Waals surface area contributed by atoms with Gasteiger partial charge in [0.1, 0.15) is 12.2 Å². The lowest BCUT2D eigenvalue weighted by molar-refractivity contribution is -0.153. The van der Waals surface area contributed by atoms with Crippen LogP contribution in [0.4, 0.5) is 0 Å². The molecule has 6 heteroatoms. The summed E-state index contributed by atoms with van der Waals surface area (Å²) >= 11 is 0. The average molecular weight is 497 g/mol. The Morgan fingerprint density at radius 3 is 2.22 bits per heavy atom. The molecule has 7 aliphatic rings. The molecular weight excluding hydrogens is 456 g/mol. The van der Waals surface area contributed by atoms with E-state index >= 15 is 0 Å². The van der Waals surface area contributed by atoms with E-state index in [9.17, 15) is 19.8 Å². The predicted molar refractivity (Wildman–Crippen MR) is 131 cm³/mol. The number of ether oxygens (including phenoxy) is 2. The van der Waals surface area contributed by atoms with E-state index < -0.39 is 16.6 Å². The van der Waals surface area contributed by atoms with E-state index in [0.717, 1.165) is 18.4 Å². The third-order valence-electron chi connectivity index (χ3n) is 12.4. The summed E-state index contributed by atoms with van der Waals surface area (Å²) in [6.45, 7) is 12.2. The normalized spacial score (nSPS) is 58.8. The first-order chi connectivity index (χ1) is 16.8. The Labute approximate surface area is 213 Å². The zero-order chi connectivity index (χ0) is 25.7. The lowest BCUT2D eigenvalue weighted by Crippen LogP contribution is -2.51. The number of allylic oxidation sites excluding steroid dienone is 2. The minimum Gasteiger partial charge on any atom is -0.461 e. The molecule has 7 rings (SSSR count). The van der Waals surface area contributed by atoms with Crippen LogP contribution in [-0.4, -0.2) is 45.6 Å². The molecule has 3 saturated carbocycles. The fourth-order valence-corrected chi connectivity index (χ4v) is 11.0. The van der Waals surface area contributed by atoms with Crippen molar-refractivity contribution in [3.05, 3.63) is 22.8 Å².